The third-order valence-electron chi connectivity index (χ3n) is 3.65. The molecule has 0 aromatic carbocycles. The molecule has 4 nitrogen and oxygen atoms in total. The van der Waals surface area contributed by atoms with Crippen LogP contribution in [0.25, 0.3) is 0 Å². The Labute approximate surface area is 104 Å². The molecule has 2 aliphatic rings. The quantitative estimate of drug-likeness (QED) is 0.577. The van der Waals surface area contributed by atoms with Gasteiger partial charge in [0.1, 0.15) is 0 Å². The number of ether oxygens (including phenoxy) is 1. The highest BCUT2D eigenvalue weighted by Gasteiger charge is 2.46. The van der Waals surface area contributed by atoms with Gasteiger partial charge in [0.15, 0.2) is 5.96 Å². The predicted octanol–water partition coefficient (Wildman–Crippen LogP) is 1.52. The minimum atomic E-state index is 0.331. The van der Waals surface area contributed by atoms with E-state index in [-0.39, 0.29) is 0 Å². The lowest BCUT2D eigenvalue weighted by atomic mass is 10.2. The fourth-order valence-electron chi connectivity index (χ4n) is 2.18. The van der Waals surface area contributed by atoms with Crippen LogP contribution >= 0.6 is 0 Å². The normalized spacial score (nSPS) is 31.4. The van der Waals surface area contributed by atoms with Gasteiger partial charge in [-0.25, -0.2) is 0 Å². The van der Waals surface area contributed by atoms with E-state index in [1.54, 1.807) is 0 Å². The molecule has 0 radical (unpaired) electrons. The van der Waals surface area contributed by atoms with E-state index in [1.165, 1.54) is 12.8 Å². The molecule has 0 amide bonds. The van der Waals surface area contributed by atoms with E-state index in [9.17, 15) is 0 Å². The largest absolute Gasteiger partial charge is 0.376 e. The van der Waals surface area contributed by atoms with Crippen LogP contribution in [0.2, 0.25) is 0 Å². The number of rotatable bonds is 4. The van der Waals surface area contributed by atoms with Crippen LogP contribution in [-0.4, -0.2) is 37.8 Å². The zero-order valence-corrected chi connectivity index (χ0v) is 11.3. The summed E-state index contributed by atoms with van der Waals surface area (Å²) in [5.74, 6) is 0.943. The summed E-state index contributed by atoms with van der Waals surface area (Å²) >= 11 is 0. The highest BCUT2D eigenvalue weighted by molar-refractivity contribution is 5.80. The first kappa shape index (κ1) is 12.7. The molecule has 2 rings (SSSR count). The molecule has 1 aliphatic heterocycles. The molecule has 1 aliphatic carbocycles. The molecule has 0 aromatic rings. The third kappa shape index (κ3) is 3.60. The fraction of sp³-hybridized carbons (Fsp3) is 0.923. The smallest absolute Gasteiger partial charge is 0.191 e. The number of hydrogen-bond acceptors (Lipinski definition) is 2. The van der Waals surface area contributed by atoms with Crippen LogP contribution in [0.1, 0.15) is 40.0 Å². The summed E-state index contributed by atoms with van der Waals surface area (Å²) < 4.78 is 5.58. The Morgan fingerprint density at radius 3 is 2.76 bits per heavy atom. The van der Waals surface area contributed by atoms with Crippen LogP contribution in [0.5, 0.6) is 0 Å². The van der Waals surface area contributed by atoms with Crippen LogP contribution in [0.15, 0.2) is 4.99 Å². The van der Waals surface area contributed by atoms with Crippen molar-refractivity contribution in [1.29, 1.82) is 0 Å². The molecule has 1 saturated heterocycles. The van der Waals surface area contributed by atoms with E-state index in [4.69, 9.17) is 4.74 Å². The van der Waals surface area contributed by atoms with Crippen molar-refractivity contribution >= 4 is 5.96 Å². The Morgan fingerprint density at radius 2 is 2.24 bits per heavy atom. The summed E-state index contributed by atoms with van der Waals surface area (Å²) in [7, 11) is 0. The number of nitrogens with zero attached hydrogens (tertiary/aromatic N) is 1. The molecule has 2 fully saturated rings. The number of nitrogens with one attached hydrogen (secondary N) is 2. The van der Waals surface area contributed by atoms with Gasteiger partial charge in [0.25, 0.3) is 0 Å². The molecular weight excluding hydrogens is 214 g/mol. The molecule has 98 valence electrons. The zero-order chi connectivity index (χ0) is 12.3. The highest BCUT2D eigenvalue weighted by atomic mass is 16.5. The maximum absolute atomic E-state index is 5.58. The van der Waals surface area contributed by atoms with Crippen molar-refractivity contribution < 1.29 is 4.74 Å². The monoisotopic (exact) mass is 239 g/mol. The highest BCUT2D eigenvalue weighted by Crippen LogP contribution is 2.44. The van der Waals surface area contributed by atoms with Crippen molar-refractivity contribution in [2.75, 3.05) is 19.7 Å². The van der Waals surface area contributed by atoms with Gasteiger partial charge in [0.2, 0.25) is 0 Å². The lowest BCUT2D eigenvalue weighted by Crippen LogP contribution is -2.40. The van der Waals surface area contributed by atoms with Gasteiger partial charge in [-0.05, 0) is 31.6 Å². The van der Waals surface area contributed by atoms with Gasteiger partial charge in [0, 0.05) is 19.2 Å². The van der Waals surface area contributed by atoms with Crippen molar-refractivity contribution in [3.8, 4) is 0 Å². The Hall–Kier alpha value is -0.770. The number of guanidine groups is 1. The van der Waals surface area contributed by atoms with Gasteiger partial charge in [0.05, 0.1) is 12.6 Å². The first-order chi connectivity index (χ1) is 8.12. The van der Waals surface area contributed by atoms with Crippen molar-refractivity contribution in [2.24, 2.45) is 10.4 Å². The number of hydrogen-bond donors (Lipinski definition) is 2. The summed E-state index contributed by atoms with van der Waals surface area (Å²) in [4.78, 5) is 4.61. The SMILES string of the molecule is CCNC(=NCC1CCCO1)NC1CC1(C)C. The second-order valence-corrected chi connectivity index (χ2v) is 5.74. The van der Waals surface area contributed by atoms with E-state index < -0.39 is 0 Å². The first-order valence-corrected chi connectivity index (χ1v) is 6.78. The van der Waals surface area contributed by atoms with Crippen molar-refractivity contribution in [1.82, 2.24) is 10.6 Å². The van der Waals surface area contributed by atoms with Gasteiger partial charge in [-0.15, -0.1) is 0 Å². The van der Waals surface area contributed by atoms with Crippen LogP contribution in [0, 0.1) is 5.41 Å². The molecule has 0 aromatic heterocycles. The molecule has 17 heavy (non-hydrogen) atoms. The second-order valence-electron chi connectivity index (χ2n) is 5.74. The van der Waals surface area contributed by atoms with Crippen molar-refractivity contribution in [3.05, 3.63) is 0 Å². The summed E-state index contributed by atoms with van der Waals surface area (Å²) in [6, 6.07) is 0.574. The van der Waals surface area contributed by atoms with E-state index in [0.717, 1.165) is 32.1 Å². The minimum absolute atomic E-state index is 0.331. The maximum Gasteiger partial charge on any atom is 0.191 e. The summed E-state index contributed by atoms with van der Waals surface area (Å²) in [6.07, 6.45) is 3.90. The van der Waals surface area contributed by atoms with Gasteiger partial charge in [-0.2, -0.15) is 0 Å². The molecule has 4 heteroatoms. The maximum atomic E-state index is 5.58. The van der Waals surface area contributed by atoms with Gasteiger partial charge in [-0.3, -0.25) is 4.99 Å². The van der Waals surface area contributed by atoms with Gasteiger partial charge >= 0.3 is 0 Å². The minimum Gasteiger partial charge on any atom is -0.376 e. The van der Waals surface area contributed by atoms with Crippen LogP contribution in [-0.2, 0) is 4.74 Å². The molecule has 2 unspecified atom stereocenters. The van der Waals surface area contributed by atoms with Crippen molar-refractivity contribution in [2.45, 2.75) is 52.2 Å². The molecule has 1 heterocycles. The Kier molecular flexibility index (Phi) is 3.92. The van der Waals surface area contributed by atoms with Crippen LogP contribution in [0.3, 0.4) is 0 Å². The molecule has 2 N–H and O–H groups in total. The van der Waals surface area contributed by atoms with E-state index >= 15 is 0 Å². The van der Waals surface area contributed by atoms with Gasteiger partial charge < -0.3 is 15.4 Å². The zero-order valence-electron chi connectivity index (χ0n) is 11.3. The molecule has 1 saturated carbocycles. The molecule has 0 spiro atoms. The Bertz CT molecular complexity index is 282. The lowest BCUT2D eigenvalue weighted by Gasteiger charge is -2.13. The summed E-state index contributed by atoms with van der Waals surface area (Å²) in [6.45, 7) is 9.26. The van der Waals surface area contributed by atoms with E-state index in [0.29, 0.717) is 17.6 Å². The standard InChI is InChI=1S/C13H25N3O/c1-4-14-12(16-11-8-13(11,2)3)15-9-10-6-5-7-17-10/h10-11H,4-9H2,1-3H3,(H2,14,15,16). The molecule has 0 bridgehead atoms. The Balaban J connectivity index is 1.80. The molecule has 2 atom stereocenters. The predicted molar refractivity (Wildman–Crippen MR) is 70.3 cm³/mol. The van der Waals surface area contributed by atoms with E-state index in [2.05, 4.69) is 36.4 Å². The topological polar surface area (TPSA) is 45.7 Å². The third-order valence-corrected chi connectivity index (χ3v) is 3.65. The van der Waals surface area contributed by atoms with Crippen LogP contribution < -0.4 is 10.6 Å². The second kappa shape index (κ2) is 5.25. The van der Waals surface area contributed by atoms with Gasteiger partial charge in [-0.1, -0.05) is 13.8 Å². The lowest BCUT2D eigenvalue weighted by molar-refractivity contribution is 0.117. The van der Waals surface area contributed by atoms with E-state index in [1.807, 2.05) is 0 Å². The summed E-state index contributed by atoms with van der Waals surface area (Å²) in [5.41, 5.74) is 0.431. The van der Waals surface area contributed by atoms with Crippen LogP contribution in [0.4, 0.5) is 0 Å². The Morgan fingerprint density at radius 1 is 1.47 bits per heavy atom. The summed E-state index contributed by atoms with van der Waals surface area (Å²) in [5, 5.41) is 6.79. The molecular formula is C13H25N3O. The van der Waals surface area contributed by atoms with Crippen molar-refractivity contribution in [3.63, 3.8) is 0 Å². The average Bonchev–Trinajstić information content (AvgIpc) is 2.69. The average molecular weight is 239 g/mol. The first-order valence-electron chi connectivity index (χ1n) is 6.78. The number of aliphatic imine (C=N–C) groups is 1. The fourth-order valence-corrected chi connectivity index (χ4v) is 2.18.